The minimum atomic E-state index is -0.647. The number of amides is 1. The van der Waals surface area contributed by atoms with E-state index >= 15 is 0 Å². The highest BCUT2D eigenvalue weighted by Gasteiger charge is 2.15. The van der Waals surface area contributed by atoms with E-state index in [0.29, 0.717) is 16.7 Å². The molecule has 1 heterocycles. The molecule has 0 unspecified atom stereocenters. The topological polar surface area (TPSA) is 68.5 Å². The second-order valence-corrected chi connectivity index (χ2v) is 4.63. The summed E-state index contributed by atoms with van der Waals surface area (Å²) in [6.07, 6.45) is 0.794. The first-order valence-electron chi connectivity index (χ1n) is 6.48. The van der Waals surface area contributed by atoms with Crippen LogP contribution in [0.15, 0.2) is 33.5 Å². The highest BCUT2D eigenvalue weighted by Crippen LogP contribution is 2.20. The fourth-order valence-corrected chi connectivity index (χ4v) is 1.78. The Labute approximate surface area is 116 Å². The van der Waals surface area contributed by atoms with Crippen LogP contribution in [0.1, 0.15) is 30.6 Å². The largest absolute Gasteiger partial charge is 0.497 e. The summed E-state index contributed by atoms with van der Waals surface area (Å²) in [6, 6.07) is 6.66. The van der Waals surface area contributed by atoms with E-state index in [9.17, 15) is 9.59 Å². The Hall–Kier alpha value is -2.30. The van der Waals surface area contributed by atoms with E-state index in [1.807, 2.05) is 13.8 Å². The van der Waals surface area contributed by atoms with Gasteiger partial charge in [-0.15, -0.1) is 0 Å². The lowest BCUT2D eigenvalue weighted by molar-refractivity contribution is 0.0935. The maximum atomic E-state index is 12.0. The van der Waals surface area contributed by atoms with Gasteiger partial charge in [-0.2, -0.15) is 0 Å². The summed E-state index contributed by atoms with van der Waals surface area (Å²) in [4.78, 5) is 23.9. The minimum Gasteiger partial charge on any atom is -0.497 e. The molecule has 0 saturated heterocycles. The summed E-state index contributed by atoms with van der Waals surface area (Å²) >= 11 is 0. The summed E-state index contributed by atoms with van der Waals surface area (Å²) in [5.41, 5.74) is -0.232. The van der Waals surface area contributed by atoms with Gasteiger partial charge in [0, 0.05) is 17.5 Å². The van der Waals surface area contributed by atoms with Crippen LogP contribution in [-0.4, -0.2) is 19.1 Å². The van der Waals surface area contributed by atoms with Crippen molar-refractivity contribution in [3.05, 3.63) is 40.2 Å². The Balaban J connectivity index is 2.43. The number of benzene rings is 1. The molecule has 1 N–H and O–H groups in total. The molecule has 5 heteroatoms. The van der Waals surface area contributed by atoms with Gasteiger partial charge in [-0.25, -0.2) is 4.79 Å². The van der Waals surface area contributed by atoms with Crippen LogP contribution in [0, 0.1) is 0 Å². The molecule has 0 saturated carbocycles. The molecule has 0 bridgehead atoms. The van der Waals surface area contributed by atoms with E-state index in [4.69, 9.17) is 9.15 Å². The number of hydrogen-bond acceptors (Lipinski definition) is 4. The van der Waals surface area contributed by atoms with Crippen LogP contribution in [-0.2, 0) is 0 Å². The SMILES string of the molecule is CC[C@H](C)NC(=O)c1cc2ccc(OC)cc2oc1=O. The van der Waals surface area contributed by atoms with E-state index in [0.717, 1.165) is 6.42 Å². The molecule has 106 valence electrons. The predicted octanol–water partition coefficient (Wildman–Crippen LogP) is 2.33. The summed E-state index contributed by atoms with van der Waals surface area (Å²) in [5.74, 6) is 0.184. The molecule has 20 heavy (non-hydrogen) atoms. The molecule has 0 aliphatic rings. The third-order valence-electron chi connectivity index (χ3n) is 3.18. The molecule has 0 aliphatic carbocycles. The van der Waals surface area contributed by atoms with Gasteiger partial charge < -0.3 is 14.5 Å². The molecule has 0 aliphatic heterocycles. The first-order valence-corrected chi connectivity index (χ1v) is 6.48. The average Bonchev–Trinajstić information content (AvgIpc) is 2.45. The lowest BCUT2D eigenvalue weighted by Gasteiger charge is -2.10. The third-order valence-corrected chi connectivity index (χ3v) is 3.18. The van der Waals surface area contributed by atoms with Crippen LogP contribution < -0.4 is 15.7 Å². The van der Waals surface area contributed by atoms with E-state index < -0.39 is 11.5 Å². The van der Waals surface area contributed by atoms with Crippen LogP contribution >= 0.6 is 0 Å². The summed E-state index contributed by atoms with van der Waals surface area (Å²) < 4.78 is 10.2. The van der Waals surface area contributed by atoms with E-state index in [2.05, 4.69) is 5.32 Å². The van der Waals surface area contributed by atoms with Gasteiger partial charge >= 0.3 is 5.63 Å². The van der Waals surface area contributed by atoms with Gasteiger partial charge in [0.25, 0.3) is 5.91 Å². The number of carbonyl (C=O) groups excluding carboxylic acids is 1. The summed E-state index contributed by atoms with van der Waals surface area (Å²) in [7, 11) is 1.53. The maximum Gasteiger partial charge on any atom is 0.349 e. The standard InChI is InChI=1S/C15H17NO4/c1-4-9(2)16-14(17)12-7-10-5-6-11(19-3)8-13(10)20-15(12)18/h5-9H,4H2,1-3H3,(H,16,17)/t9-/m0/s1. The van der Waals surface area contributed by atoms with Crippen molar-refractivity contribution >= 4 is 16.9 Å². The van der Waals surface area contributed by atoms with Crippen LogP contribution in [0.5, 0.6) is 5.75 Å². The lowest BCUT2D eigenvalue weighted by atomic mass is 10.1. The van der Waals surface area contributed by atoms with Gasteiger partial charge in [-0.05, 0) is 31.5 Å². The zero-order valence-corrected chi connectivity index (χ0v) is 11.7. The van der Waals surface area contributed by atoms with Crippen molar-refractivity contribution in [3.8, 4) is 5.75 Å². The number of ether oxygens (including phenoxy) is 1. The van der Waals surface area contributed by atoms with Crippen LogP contribution in [0.25, 0.3) is 11.0 Å². The molecule has 2 rings (SSSR count). The molecular formula is C15H17NO4. The lowest BCUT2D eigenvalue weighted by Crippen LogP contribution is -2.34. The van der Waals surface area contributed by atoms with Crippen molar-refractivity contribution in [2.75, 3.05) is 7.11 Å². The van der Waals surface area contributed by atoms with Gasteiger partial charge in [0.2, 0.25) is 0 Å². The number of hydrogen-bond donors (Lipinski definition) is 1. The quantitative estimate of drug-likeness (QED) is 0.869. The van der Waals surface area contributed by atoms with Crippen LogP contribution in [0.4, 0.5) is 0 Å². The molecule has 1 aromatic heterocycles. The number of rotatable bonds is 4. The fourth-order valence-electron chi connectivity index (χ4n) is 1.78. The molecule has 0 spiro atoms. The van der Waals surface area contributed by atoms with Gasteiger partial charge in [0.15, 0.2) is 0 Å². The monoisotopic (exact) mass is 275 g/mol. The summed E-state index contributed by atoms with van der Waals surface area (Å²) in [6.45, 7) is 3.84. The van der Waals surface area contributed by atoms with Crippen LogP contribution in [0.2, 0.25) is 0 Å². The molecule has 0 radical (unpaired) electrons. The van der Waals surface area contributed by atoms with E-state index in [1.165, 1.54) is 7.11 Å². The number of nitrogens with one attached hydrogen (secondary N) is 1. The van der Waals surface area contributed by atoms with Crippen molar-refractivity contribution in [1.82, 2.24) is 5.32 Å². The second-order valence-electron chi connectivity index (χ2n) is 4.63. The van der Waals surface area contributed by atoms with Gasteiger partial charge in [-0.3, -0.25) is 4.79 Å². The Morgan fingerprint density at radius 2 is 2.15 bits per heavy atom. The Morgan fingerprint density at radius 3 is 2.80 bits per heavy atom. The fraction of sp³-hybridized carbons (Fsp3) is 0.333. The van der Waals surface area contributed by atoms with E-state index in [-0.39, 0.29) is 11.6 Å². The number of fused-ring (bicyclic) bond motifs is 1. The molecule has 1 atom stereocenters. The first kappa shape index (κ1) is 14.1. The average molecular weight is 275 g/mol. The van der Waals surface area contributed by atoms with E-state index in [1.54, 1.807) is 24.3 Å². The van der Waals surface area contributed by atoms with Crippen molar-refractivity contribution in [2.24, 2.45) is 0 Å². The molecule has 5 nitrogen and oxygen atoms in total. The van der Waals surface area contributed by atoms with Gasteiger partial charge in [0.1, 0.15) is 16.9 Å². The molecular weight excluding hydrogens is 258 g/mol. The molecule has 2 aromatic rings. The van der Waals surface area contributed by atoms with Crippen molar-refractivity contribution in [1.29, 1.82) is 0 Å². The normalized spacial score (nSPS) is 12.2. The van der Waals surface area contributed by atoms with Crippen LogP contribution in [0.3, 0.4) is 0 Å². The molecule has 1 aromatic carbocycles. The highest BCUT2D eigenvalue weighted by atomic mass is 16.5. The Morgan fingerprint density at radius 1 is 1.40 bits per heavy atom. The Bertz CT molecular complexity index is 690. The zero-order valence-electron chi connectivity index (χ0n) is 11.7. The molecule has 1 amide bonds. The van der Waals surface area contributed by atoms with Gasteiger partial charge in [-0.1, -0.05) is 6.92 Å². The predicted molar refractivity (Wildman–Crippen MR) is 76.3 cm³/mol. The van der Waals surface area contributed by atoms with Gasteiger partial charge in [0.05, 0.1) is 7.11 Å². The van der Waals surface area contributed by atoms with Crippen molar-refractivity contribution < 1.29 is 13.9 Å². The third kappa shape index (κ3) is 2.82. The zero-order chi connectivity index (χ0) is 14.7. The minimum absolute atomic E-state index is 0.00784. The highest BCUT2D eigenvalue weighted by molar-refractivity contribution is 5.96. The van der Waals surface area contributed by atoms with Crippen molar-refractivity contribution in [3.63, 3.8) is 0 Å². The smallest absolute Gasteiger partial charge is 0.349 e. The Kier molecular flexibility index (Phi) is 4.08. The first-order chi connectivity index (χ1) is 9.55. The second kappa shape index (κ2) is 5.77. The summed E-state index contributed by atoms with van der Waals surface area (Å²) in [5, 5.41) is 3.43. The maximum absolute atomic E-state index is 12.0. The number of methoxy groups -OCH3 is 1. The van der Waals surface area contributed by atoms with Crippen molar-refractivity contribution in [2.45, 2.75) is 26.3 Å². The molecule has 0 fully saturated rings. The number of carbonyl (C=O) groups is 1.